The molecule has 0 saturated heterocycles. The van der Waals surface area contributed by atoms with Gasteiger partial charge in [-0.25, -0.2) is 0 Å². The highest BCUT2D eigenvalue weighted by Crippen LogP contribution is 2.16. The number of carbonyl (C=O) groups excluding carboxylic acids is 2. The Kier molecular flexibility index (Phi) is 6.36. The molecule has 0 heterocycles. The zero-order valence-corrected chi connectivity index (χ0v) is 11.9. The van der Waals surface area contributed by atoms with E-state index in [1.807, 2.05) is 18.2 Å². The molecular formula is C14H18ClNO3. The number of halogens is 1. The van der Waals surface area contributed by atoms with Gasteiger partial charge in [0.1, 0.15) is 0 Å². The Balaban J connectivity index is 2.45. The molecule has 0 atom stereocenters. The molecule has 0 radical (unpaired) electrons. The third-order valence-corrected chi connectivity index (χ3v) is 3.05. The van der Waals surface area contributed by atoms with E-state index in [9.17, 15) is 9.59 Å². The molecule has 0 saturated carbocycles. The van der Waals surface area contributed by atoms with E-state index >= 15 is 0 Å². The smallest absolute Gasteiger partial charge is 0.307 e. The van der Waals surface area contributed by atoms with Crippen molar-refractivity contribution in [3.63, 3.8) is 0 Å². The van der Waals surface area contributed by atoms with E-state index < -0.39 is 0 Å². The second-order valence-corrected chi connectivity index (χ2v) is 4.55. The molecule has 1 amide bonds. The first-order valence-corrected chi connectivity index (χ1v) is 6.55. The summed E-state index contributed by atoms with van der Waals surface area (Å²) < 4.78 is 4.81. The molecule has 0 aromatic heterocycles. The molecule has 0 unspecified atom stereocenters. The Morgan fingerprint density at radius 1 is 1.32 bits per heavy atom. The summed E-state index contributed by atoms with van der Waals surface area (Å²) in [7, 11) is 1.67. The summed E-state index contributed by atoms with van der Waals surface area (Å²) in [6.07, 6.45) is 0.442. The topological polar surface area (TPSA) is 46.6 Å². The van der Waals surface area contributed by atoms with Crippen molar-refractivity contribution >= 4 is 23.5 Å². The summed E-state index contributed by atoms with van der Waals surface area (Å²) in [6, 6.07) is 7.23. The van der Waals surface area contributed by atoms with Crippen molar-refractivity contribution in [1.29, 1.82) is 0 Å². The molecule has 0 bridgehead atoms. The van der Waals surface area contributed by atoms with Gasteiger partial charge >= 0.3 is 5.97 Å². The van der Waals surface area contributed by atoms with Gasteiger partial charge < -0.3 is 9.64 Å². The van der Waals surface area contributed by atoms with E-state index in [2.05, 4.69) is 0 Å². The summed E-state index contributed by atoms with van der Waals surface area (Å²) in [6.45, 7) is 2.46. The Morgan fingerprint density at radius 3 is 2.63 bits per heavy atom. The van der Waals surface area contributed by atoms with E-state index in [0.717, 1.165) is 5.56 Å². The fraction of sp³-hybridized carbons (Fsp3) is 0.429. The molecule has 0 spiro atoms. The van der Waals surface area contributed by atoms with Crippen LogP contribution in [0.25, 0.3) is 0 Å². The molecule has 0 aliphatic carbocycles. The number of esters is 1. The van der Waals surface area contributed by atoms with Crippen LogP contribution < -0.4 is 0 Å². The van der Waals surface area contributed by atoms with Crippen LogP contribution in [0.5, 0.6) is 0 Å². The Hall–Kier alpha value is -1.55. The van der Waals surface area contributed by atoms with Gasteiger partial charge in [0.15, 0.2) is 0 Å². The molecule has 5 heteroatoms. The lowest BCUT2D eigenvalue weighted by Gasteiger charge is -2.17. The zero-order chi connectivity index (χ0) is 14.3. The van der Waals surface area contributed by atoms with Crippen LogP contribution in [0, 0.1) is 0 Å². The maximum Gasteiger partial charge on any atom is 0.307 e. The van der Waals surface area contributed by atoms with Crippen molar-refractivity contribution < 1.29 is 14.3 Å². The summed E-state index contributed by atoms with van der Waals surface area (Å²) in [5, 5.41) is 0.578. The average Bonchev–Trinajstić information content (AvgIpc) is 2.39. The first kappa shape index (κ1) is 15.5. The molecule has 0 aliphatic rings. The third kappa shape index (κ3) is 5.30. The van der Waals surface area contributed by atoms with E-state index in [1.54, 1.807) is 20.0 Å². The number of rotatable bonds is 6. The van der Waals surface area contributed by atoms with Crippen LogP contribution in [0.4, 0.5) is 0 Å². The van der Waals surface area contributed by atoms with Gasteiger partial charge in [-0.1, -0.05) is 29.8 Å². The highest BCUT2D eigenvalue weighted by molar-refractivity contribution is 6.31. The number of nitrogens with zero attached hydrogens (tertiary/aromatic N) is 1. The summed E-state index contributed by atoms with van der Waals surface area (Å²) in [4.78, 5) is 24.7. The highest BCUT2D eigenvalue weighted by Gasteiger charge is 2.13. The van der Waals surface area contributed by atoms with Crippen molar-refractivity contribution in [2.45, 2.75) is 19.8 Å². The second-order valence-electron chi connectivity index (χ2n) is 4.14. The minimum Gasteiger partial charge on any atom is -0.466 e. The SMILES string of the molecule is CCOC(=O)CCN(C)C(=O)Cc1ccccc1Cl. The molecule has 0 aliphatic heterocycles. The number of hydrogen-bond donors (Lipinski definition) is 0. The Bertz CT molecular complexity index is 448. The van der Waals surface area contributed by atoms with Crippen molar-refractivity contribution in [1.82, 2.24) is 4.90 Å². The number of hydrogen-bond acceptors (Lipinski definition) is 3. The second kappa shape index (κ2) is 7.79. The van der Waals surface area contributed by atoms with Gasteiger partial charge in [0.25, 0.3) is 0 Å². The van der Waals surface area contributed by atoms with Gasteiger partial charge in [-0.2, -0.15) is 0 Å². The minimum atomic E-state index is -0.292. The first-order chi connectivity index (χ1) is 9.04. The maximum atomic E-state index is 12.0. The third-order valence-electron chi connectivity index (χ3n) is 2.68. The average molecular weight is 284 g/mol. The molecular weight excluding hydrogens is 266 g/mol. The summed E-state index contributed by atoms with van der Waals surface area (Å²) in [5.41, 5.74) is 0.789. The number of ether oxygens (including phenoxy) is 1. The highest BCUT2D eigenvalue weighted by atomic mass is 35.5. The summed E-state index contributed by atoms with van der Waals surface area (Å²) >= 11 is 6.00. The molecule has 1 aromatic carbocycles. The lowest BCUT2D eigenvalue weighted by molar-refractivity contribution is -0.143. The first-order valence-electron chi connectivity index (χ1n) is 6.17. The lowest BCUT2D eigenvalue weighted by atomic mass is 10.1. The van der Waals surface area contributed by atoms with Gasteiger partial charge in [0, 0.05) is 18.6 Å². The van der Waals surface area contributed by atoms with Crippen molar-refractivity contribution in [3.8, 4) is 0 Å². The predicted octanol–water partition coefficient (Wildman–Crippen LogP) is 2.29. The molecule has 0 fully saturated rings. The number of amides is 1. The standard InChI is InChI=1S/C14H18ClNO3/c1-3-19-14(18)8-9-16(2)13(17)10-11-6-4-5-7-12(11)15/h4-7H,3,8-10H2,1-2H3. The number of likely N-dealkylation sites (N-methyl/N-ethyl adjacent to an activating group) is 1. The quantitative estimate of drug-likeness (QED) is 0.753. The molecule has 19 heavy (non-hydrogen) atoms. The van der Waals surface area contributed by atoms with Crippen LogP contribution >= 0.6 is 11.6 Å². The van der Waals surface area contributed by atoms with Crippen LogP contribution in [-0.2, 0) is 20.7 Å². The van der Waals surface area contributed by atoms with Crippen molar-refractivity contribution in [3.05, 3.63) is 34.9 Å². The fourth-order valence-corrected chi connectivity index (χ4v) is 1.76. The van der Waals surface area contributed by atoms with E-state index in [0.29, 0.717) is 18.2 Å². The molecule has 104 valence electrons. The van der Waals surface area contributed by atoms with Gasteiger partial charge in [0.05, 0.1) is 19.4 Å². The molecule has 1 rings (SSSR count). The Morgan fingerprint density at radius 2 is 2.00 bits per heavy atom. The van der Waals surface area contributed by atoms with E-state index in [-0.39, 0.29) is 24.7 Å². The zero-order valence-electron chi connectivity index (χ0n) is 11.2. The normalized spacial score (nSPS) is 10.1. The molecule has 4 nitrogen and oxygen atoms in total. The van der Waals surface area contributed by atoms with Crippen LogP contribution in [0.2, 0.25) is 5.02 Å². The van der Waals surface area contributed by atoms with Crippen LogP contribution in [0.3, 0.4) is 0 Å². The van der Waals surface area contributed by atoms with Gasteiger partial charge in [-0.05, 0) is 18.6 Å². The molecule has 1 aromatic rings. The maximum absolute atomic E-state index is 12.0. The van der Waals surface area contributed by atoms with Crippen LogP contribution in [0.1, 0.15) is 18.9 Å². The van der Waals surface area contributed by atoms with Crippen molar-refractivity contribution in [2.75, 3.05) is 20.2 Å². The largest absolute Gasteiger partial charge is 0.466 e. The van der Waals surface area contributed by atoms with Crippen molar-refractivity contribution in [2.24, 2.45) is 0 Å². The molecule has 0 N–H and O–H groups in total. The monoisotopic (exact) mass is 283 g/mol. The number of benzene rings is 1. The van der Waals surface area contributed by atoms with E-state index in [4.69, 9.17) is 16.3 Å². The van der Waals surface area contributed by atoms with E-state index in [1.165, 1.54) is 4.90 Å². The van der Waals surface area contributed by atoms with Gasteiger partial charge in [0.2, 0.25) is 5.91 Å². The van der Waals surface area contributed by atoms with Gasteiger partial charge in [-0.3, -0.25) is 9.59 Å². The van der Waals surface area contributed by atoms with Crippen LogP contribution in [0.15, 0.2) is 24.3 Å². The number of carbonyl (C=O) groups is 2. The summed E-state index contributed by atoms with van der Waals surface area (Å²) in [5.74, 6) is -0.364. The predicted molar refractivity (Wildman–Crippen MR) is 74.0 cm³/mol. The van der Waals surface area contributed by atoms with Crippen LogP contribution in [-0.4, -0.2) is 37.0 Å². The van der Waals surface area contributed by atoms with Gasteiger partial charge in [-0.15, -0.1) is 0 Å². The minimum absolute atomic E-state index is 0.0719. The lowest BCUT2D eigenvalue weighted by Crippen LogP contribution is -2.30. The Labute approximate surface area is 118 Å². The fourth-order valence-electron chi connectivity index (χ4n) is 1.56.